The van der Waals surface area contributed by atoms with Gasteiger partial charge in [-0.1, -0.05) is 12.8 Å². The van der Waals surface area contributed by atoms with Gasteiger partial charge in [-0.2, -0.15) is 4.31 Å². The number of methoxy groups -OCH3 is 1. The maximum Gasteiger partial charge on any atom is 0.341 e. The fraction of sp³-hybridized carbons (Fsp3) is 0.478. The first-order valence-electron chi connectivity index (χ1n) is 11.1. The number of carbonyl (C=O) groups excluding carboxylic acids is 2. The van der Waals surface area contributed by atoms with Crippen LogP contribution in [0.2, 0.25) is 0 Å². The number of anilines is 1. The van der Waals surface area contributed by atoms with Crippen LogP contribution in [0, 0.1) is 0 Å². The Kier molecular flexibility index (Phi) is 7.18. The minimum atomic E-state index is -3.58. The van der Waals surface area contributed by atoms with Crippen molar-refractivity contribution in [3.05, 3.63) is 45.8 Å². The van der Waals surface area contributed by atoms with Gasteiger partial charge in [0.25, 0.3) is 5.91 Å². The van der Waals surface area contributed by atoms with E-state index < -0.39 is 21.9 Å². The van der Waals surface area contributed by atoms with Crippen LogP contribution in [0.1, 0.15) is 56.8 Å². The van der Waals surface area contributed by atoms with Gasteiger partial charge in [0.05, 0.1) is 17.6 Å². The van der Waals surface area contributed by atoms with Crippen molar-refractivity contribution in [2.45, 2.75) is 43.5 Å². The van der Waals surface area contributed by atoms with Crippen LogP contribution in [-0.4, -0.2) is 63.3 Å². The molecule has 2 aromatic rings. The van der Waals surface area contributed by atoms with Gasteiger partial charge < -0.3 is 15.0 Å². The summed E-state index contributed by atoms with van der Waals surface area (Å²) >= 11 is 1.38. The number of fused-ring (bicyclic) bond motifs is 1. The molecular formula is C23H29N3O5S2. The molecule has 1 saturated heterocycles. The molecule has 3 heterocycles. The van der Waals surface area contributed by atoms with E-state index in [-0.39, 0.29) is 4.90 Å². The first-order chi connectivity index (χ1) is 15.8. The summed E-state index contributed by atoms with van der Waals surface area (Å²) in [5, 5.41) is 3.31. The number of ether oxygens (including phenoxy) is 1. The Hall–Kier alpha value is -2.27. The summed E-state index contributed by atoms with van der Waals surface area (Å²) in [6.07, 6.45) is 4.53. The Morgan fingerprint density at radius 1 is 1.03 bits per heavy atom. The van der Waals surface area contributed by atoms with E-state index in [0.717, 1.165) is 42.7 Å². The molecule has 1 N–H and O–H groups in total. The number of nitrogens with one attached hydrogen (secondary N) is 1. The zero-order valence-electron chi connectivity index (χ0n) is 18.9. The summed E-state index contributed by atoms with van der Waals surface area (Å²) in [6.45, 7) is 2.59. The number of nitrogens with zero attached hydrogens (tertiary/aromatic N) is 2. The molecular weight excluding hydrogens is 462 g/mol. The van der Waals surface area contributed by atoms with Gasteiger partial charge in [0.1, 0.15) is 5.00 Å². The second kappa shape index (κ2) is 9.92. The van der Waals surface area contributed by atoms with Gasteiger partial charge >= 0.3 is 5.97 Å². The standard InChI is InChI=1S/C23H29N3O5S2/c1-25-14-11-18-19(15-25)32-22(20(18)23(28)31-2)24-21(27)16-7-9-17(10-8-16)33(29,30)26-12-5-3-4-6-13-26/h7-10H,3-6,11-15H2,1-2H3,(H,24,27). The van der Waals surface area contributed by atoms with Crippen molar-refractivity contribution in [3.8, 4) is 0 Å². The van der Waals surface area contributed by atoms with Crippen molar-refractivity contribution in [1.82, 2.24) is 9.21 Å². The zero-order chi connectivity index (χ0) is 23.6. The normalized spacial score (nSPS) is 17.8. The van der Waals surface area contributed by atoms with E-state index in [1.54, 1.807) is 0 Å². The van der Waals surface area contributed by atoms with Gasteiger partial charge in [0.2, 0.25) is 10.0 Å². The predicted octanol–water partition coefficient (Wildman–Crippen LogP) is 3.34. The summed E-state index contributed by atoms with van der Waals surface area (Å²) in [4.78, 5) is 28.8. The largest absolute Gasteiger partial charge is 0.465 e. The lowest BCUT2D eigenvalue weighted by atomic mass is 10.0. The highest BCUT2D eigenvalue weighted by atomic mass is 32.2. The molecule has 4 rings (SSSR count). The summed E-state index contributed by atoms with van der Waals surface area (Å²) in [5.74, 6) is -0.864. The molecule has 0 radical (unpaired) electrons. The predicted molar refractivity (Wildman–Crippen MR) is 127 cm³/mol. The topological polar surface area (TPSA) is 96.0 Å². The van der Waals surface area contributed by atoms with Crippen LogP contribution >= 0.6 is 11.3 Å². The number of hydrogen-bond donors (Lipinski definition) is 1. The molecule has 1 amide bonds. The van der Waals surface area contributed by atoms with Crippen molar-refractivity contribution in [3.63, 3.8) is 0 Å². The lowest BCUT2D eigenvalue weighted by Gasteiger charge is -2.22. The Morgan fingerprint density at radius 3 is 2.33 bits per heavy atom. The number of sulfonamides is 1. The molecule has 1 aromatic heterocycles. The van der Waals surface area contributed by atoms with Crippen molar-refractivity contribution in [1.29, 1.82) is 0 Å². The van der Waals surface area contributed by atoms with Crippen LogP contribution in [-0.2, 0) is 27.7 Å². The van der Waals surface area contributed by atoms with Gasteiger partial charge in [-0.25, -0.2) is 13.2 Å². The van der Waals surface area contributed by atoms with E-state index in [9.17, 15) is 18.0 Å². The van der Waals surface area contributed by atoms with Crippen LogP contribution in [0.25, 0.3) is 0 Å². The Morgan fingerprint density at radius 2 is 1.70 bits per heavy atom. The average Bonchev–Trinajstić information content (AvgIpc) is 2.97. The average molecular weight is 492 g/mol. The lowest BCUT2D eigenvalue weighted by molar-refractivity contribution is 0.0600. The number of amides is 1. The highest BCUT2D eigenvalue weighted by molar-refractivity contribution is 7.89. The monoisotopic (exact) mass is 491 g/mol. The van der Waals surface area contributed by atoms with Gasteiger partial charge in [-0.15, -0.1) is 11.3 Å². The Bertz CT molecular complexity index is 1130. The Balaban J connectivity index is 1.54. The second-order valence-corrected chi connectivity index (χ2v) is 11.5. The summed E-state index contributed by atoms with van der Waals surface area (Å²) in [7, 11) is -0.234. The maximum absolute atomic E-state index is 13.0. The number of esters is 1. The third-order valence-electron chi connectivity index (χ3n) is 6.18. The van der Waals surface area contributed by atoms with Crippen molar-refractivity contribution < 1.29 is 22.7 Å². The highest BCUT2D eigenvalue weighted by Gasteiger charge is 2.29. The molecule has 2 aliphatic heterocycles. The maximum atomic E-state index is 13.0. The minimum Gasteiger partial charge on any atom is -0.465 e. The quantitative estimate of drug-likeness (QED) is 0.645. The summed E-state index contributed by atoms with van der Waals surface area (Å²) in [6, 6.07) is 5.98. The molecule has 0 spiro atoms. The highest BCUT2D eigenvalue weighted by Crippen LogP contribution is 2.37. The molecule has 178 valence electrons. The second-order valence-electron chi connectivity index (χ2n) is 8.48. The number of benzene rings is 1. The van der Waals surface area contributed by atoms with E-state index in [0.29, 0.717) is 42.2 Å². The molecule has 0 bridgehead atoms. The fourth-order valence-electron chi connectivity index (χ4n) is 4.32. The molecule has 0 saturated carbocycles. The number of thiophene rings is 1. The minimum absolute atomic E-state index is 0.186. The van der Waals surface area contributed by atoms with Crippen LogP contribution in [0.5, 0.6) is 0 Å². The van der Waals surface area contributed by atoms with Crippen LogP contribution in [0.3, 0.4) is 0 Å². The van der Waals surface area contributed by atoms with Crippen LogP contribution in [0.15, 0.2) is 29.2 Å². The van der Waals surface area contributed by atoms with Gasteiger partial charge in [0.15, 0.2) is 0 Å². The number of carbonyl (C=O) groups is 2. The van der Waals surface area contributed by atoms with E-state index in [1.165, 1.54) is 47.0 Å². The number of rotatable bonds is 5. The number of likely N-dealkylation sites (N-methyl/N-ethyl adjacent to an activating group) is 1. The van der Waals surface area contributed by atoms with Gasteiger partial charge in [-0.05, 0) is 56.1 Å². The summed E-state index contributed by atoms with van der Waals surface area (Å²) < 4.78 is 32.4. The smallest absolute Gasteiger partial charge is 0.341 e. The van der Waals surface area contributed by atoms with E-state index in [4.69, 9.17) is 4.74 Å². The van der Waals surface area contributed by atoms with Crippen molar-refractivity contribution >= 4 is 38.2 Å². The lowest BCUT2D eigenvalue weighted by Crippen LogP contribution is -2.31. The molecule has 0 aliphatic carbocycles. The van der Waals surface area contributed by atoms with Crippen molar-refractivity contribution in [2.24, 2.45) is 0 Å². The molecule has 1 fully saturated rings. The molecule has 0 atom stereocenters. The third kappa shape index (κ3) is 4.98. The van der Waals surface area contributed by atoms with Crippen LogP contribution in [0.4, 0.5) is 5.00 Å². The zero-order valence-corrected chi connectivity index (χ0v) is 20.6. The van der Waals surface area contributed by atoms with E-state index >= 15 is 0 Å². The molecule has 10 heteroatoms. The molecule has 0 unspecified atom stereocenters. The first kappa shape index (κ1) is 23.9. The summed E-state index contributed by atoms with van der Waals surface area (Å²) in [5.41, 5.74) is 1.67. The van der Waals surface area contributed by atoms with E-state index in [2.05, 4.69) is 10.2 Å². The molecule has 8 nitrogen and oxygen atoms in total. The van der Waals surface area contributed by atoms with Crippen molar-refractivity contribution in [2.75, 3.05) is 39.1 Å². The van der Waals surface area contributed by atoms with Gasteiger partial charge in [-0.3, -0.25) is 4.79 Å². The fourth-order valence-corrected chi connectivity index (χ4v) is 7.15. The third-order valence-corrected chi connectivity index (χ3v) is 9.23. The van der Waals surface area contributed by atoms with Crippen LogP contribution < -0.4 is 5.32 Å². The Labute approximate surface area is 198 Å². The van der Waals surface area contributed by atoms with Gasteiger partial charge in [0, 0.05) is 36.6 Å². The number of hydrogen-bond acceptors (Lipinski definition) is 7. The molecule has 33 heavy (non-hydrogen) atoms. The molecule has 2 aliphatic rings. The van der Waals surface area contributed by atoms with E-state index in [1.807, 2.05) is 7.05 Å². The molecule has 1 aromatic carbocycles. The SMILES string of the molecule is COC(=O)c1c(NC(=O)c2ccc(S(=O)(=O)N3CCCCCC3)cc2)sc2c1CCN(C)C2. The first-order valence-corrected chi connectivity index (χ1v) is 13.4.